The molecule has 0 heterocycles. The highest BCUT2D eigenvalue weighted by molar-refractivity contribution is 5.05. The first-order valence-corrected chi connectivity index (χ1v) is 4.41. The zero-order chi connectivity index (χ0) is 12.0. The molecule has 0 bridgehead atoms. The third-order valence-corrected chi connectivity index (χ3v) is 1.65. The van der Waals surface area contributed by atoms with Gasteiger partial charge in [-0.25, -0.2) is 17.6 Å². The fourth-order valence-corrected chi connectivity index (χ4v) is 0.879. The molecule has 2 aromatic rings. The summed E-state index contributed by atoms with van der Waals surface area (Å²) in [5.41, 5.74) is 0. The van der Waals surface area contributed by atoms with Crippen LogP contribution in [0.4, 0.5) is 17.6 Å². The molecular weight excluding hydrogens is 220 g/mol. The molecule has 0 radical (unpaired) electrons. The van der Waals surface area contributed by atoms with E-state index < -0.39 is 23.3 Å². The standard InChI is InChI=1S/2C6H4F2/c2*7-5-3-1-2-4-6(5)8/h2*1-4H. The van der Waals surface area contributed by atoms with Crippen molar-refractivity contribution in [2.45, 2.75) is 0 Å². The van der Waals surface area contributed by atoms with E-state index >= 15 is 0 Å². The quantitative estimate of drug-likeness (QED) is 0.599. The van der Waals surface area contributed by atoms with Crippen LogP contribution in [0.15, 0.2) is 48.5 Å². The van der Waals surface area contributed by atoms with Gasteiger partial charge in [0.25, 0.3) is 0 Å². The monoisotopic (exact) mass is 228 g/mol. The Kier molecular flexibility index (Phi) is 4.51. The molecule has 4 heteroatoms. The largest absolute Gasteiger partial charge is 0.204 e. The Morgan fingerprint density at radius 3 is 0.750 bits per heavy atom. The minimum Gasteiger partial charge on any atom is -0.204 e. The van der Waals surface area contributed by atoms with Crippen molar-refractivity contribution < 1.29 is 17.6 Å². The van der Waals surface area contributed by atoms with Crippen molar-refractivity contribution in [3.8, 4) is 0 Å². The summed E-state index contributed by atoms with van der Waals surface area (Å²) < 4.78 is 47.8. The molecule has 0 fully saturated rings. The summed E-state index contributed by atoms with van der Waals surface area (Å²) in [5, 5.41) is 0. The Balaban J connectivity index is 0.000000160. The minimum absolute atomic E-state index is 0.799. The molecule has 0 nitrogen and oxygen atoms in total. The van der Waals surface area contributed by atoms with E-state index in [1.54, 1.807) is 0 Å². The smallest absolute Gasteiger partial charge is 0.158 e. The topological polar surface area (TPSA) is 0 Å². The predicted molar refractivity (Wildman–Crippen MR) is 52.7 cm³/mol. The molecule has 0 aromatic heterocycles. The predicted octanol–water partition coefficient (Wildman–Crippen LogP) is 3.93. The van der Waals surface area contributed by atoms with Gasteiger partial charge >= 0.3 is 0 Å². The van der Waals surface area contributed by atoms with Gasteiger partial charge in [0.2, 0.25) is 0 Å². The van der Waals surface area contributed by atoms with Crippen molar-refractivity contribution in [3.05, 3.63) is 71.8 Å². The van der Waals surface area contributed by atoms with Crippen LogP contribution in [0.2, 0.25) is 0 Å². The van der Waals surface area contributed by atoms with E-state index in [0.29, 0.717) is 0 Å². The number of rotatable bonds is 0. The van der Waals surface area contributed by atoms with Crippen molar-refractivity contribution in [1.82, 2.24) is 0 Å². The Morgan fingerprint density at radius 2 is 0.625 bits per heavy atom. The molecule has 0 saturated heterocycles. The van der Waals surface area contributed by atoms with Gasteiger partial charge in [0.05, 0.1) is 0 Å². The summed E-state index contributed by atoms with van der Waals surface area (Å²) in [6.07, 6.45) is 0. The van der Waals surface area contributed by atoms with Crippen molar-refractivity contribution in [1.29, 1.82) is 0 Å². The molecule has 84 valence electrons. The molecule has 2 aromatic carbocycles. The Morgan fingerprint density at radius 1 is 0.438 bits per heavy atom. The average molecular weight is 228 g/mol. The Hall–Kier alpha value is -1.84. The van der Waals surface area contributed by atoms with Gasteiger partial charge in [-0.3, -0.25) is 0 Å². The lowest BCUT2D eigenvalue weighted by Gasteiger charge is -1.85. The normalized spacial score (nSPS) is 9.25. The molecule has 0 atom stereocenters. The number of hydrogen-bond donors (Lipinski definition) is 0. The lowest BCUT2D eigenvalue weighted by Crippen LogP contribution is -1.77. The highest BCUT2D eigenvalue weighted by atomic mass is 19.2. The Bertz CT molecular complexity index is 369. The maximum Gasteiger partial charge on any atom is 0.158 e. The molecular formula is C12H8F4. The summed E-state index contributed by atoms with van der Waals surface area (Å²) in [4.78, 5) is 0. The van der Waals surface area contributed by atoms with Crippen LogP contribution in [0, 0.1) is 23.3 Å². The van der Waals surface area contributed by atoms with E-state index in [-0.39, 0.29) is 0 Å². The molecule has 0 saturated carbocycles. The zero-order valence-corrected chi connectivity index (χ0v) is 8.13. The third kappa shape index (κ3) is 3.73. The molecule has 2 rings (SSSR count). The Labute approximate surface area is 90.2 Å². The molecule has 0 aliphatic carbocycles. The van der Waals surface area contributed by atoms with Crippen LogP contribution in [-0.2, 0) is 0 Å². The van der Waals surface area contributed by atoms with Gasteiger partial charge in [-0.15, -0.1) is 0 Å². The number of halogens is 4. The highest BCUT2D eigenvalue weighted by Crippen LogP contribution is 2.02. The van der Waals surface area contributed by atoms with E-state index in [4.69, 9.17) is 0 Å². The molecule has 0 amide bonds. The lowest BCUT2D eigenvalue weighted by molar-refractivity contribution is 0.508. The van der Waals surface area contributed by atoms with Gasteiger partial charge in [-0.1, -0.05) is 24.3 Å². The van der Waals surface area contributed by atoms with E-state index in [0.717, 1.165) is 24.3 Å². The van der Waals surface area contributed by atoms with Gasteiger partial charge in [0, 0.05) is 0 Å². The molecule has 0 spiro atoms. The fraction of sp³-hybridized carbons (Fsp3) is 0. The van der Waals surface area contributed by atoms with E-state index in [1.165, 1.54) is 24.3 Å². The van der Waals surface area contributed by atoms with Crippen LogP contribution in [0.5, 0.6) is 0 Å². The van der Waals surface area contributed by atoms with E-state index in [9.17, 15) is 17.6 Å². The number of benzene rings is 2. The molecule has 16 heavy (non-hydrogen) atoms. The van der Waals surface area contributed by atoms with Gasteiger partial charge in [-0.2, -0.15) is 0 Å². The van der Waals surface area contributed by atoms with Crippen molar-refractivity contribution in [2.75, 3.05) is 0 Å². The van der Waals surface area contributed by atoms with Crippen LogP contribution in [0.3, 0.4) is 0 Å². The first-order valence-electron chi connectivity index (χ1n) is 4.41. The summed E-state index contributed by atoms with van der Waals surface area (Å²) in [6, 6.07) is 10.1. The van der Waals surface area contributed by atoms with Crippen LogP contribution >= 0.6 is 0 Å². The van der Waals surface area contributed by atoms with Gasteiger partial charge < -0.3 is 0 Å². The van der Waals surface area contributed by atoms with E-state index in [1.807, 2.05) is 0 Å². The van der Waals surface area contributed by atoms with Crippen molar-refractivity contribution in [2.24, 2.45) is 0 Å². The van der Waals surface area contributed by atoms with Gasteiger partial charge in [-0.05, 0) is 24.3 Å². The summed E-state index contributed by atoms with van der Waals surface area (Å²) in [5.74, 6) is -3.19. The first-order chi connectivity index (χ1) is 7.61. The van der Waals surface area contributed by atoms with Crippen LogP contribution in [0.1, 0.15) is 0 Å². The zero-order valence-electron chi connectivity index (χ0n) is 8.13. The summed E-state index contributed by atoms with van der Waals surface area (Å²) in [7, 11) is 0. The SMILES string of the molecule is Fc1ccccc1F.Fc1ccccc1F. The minimum atomic E-state index is -0.799. The van der Waals surface area contributed by atoms with Crippen molar-refractivity contribution in [3.63, 3.8) is 0 Å². The second-order valence-corrected chi connectivity index (χ2v) is 2.83. The number of hydrogen-bond acceptors (Lipinski definition) is 0. The van der Waals surface area contributed by atoms with Gasteiger partial charge in [0.15, 0.2) is 23.3 Å². The van der Waals surface area contributed by atoms with Gasteiger partial charge in [0.1, 0.15) is 0 Å². The first kappa shape index (κ1) is 12.2. The van der Waals surface area contributed by atoms with E-state index in [2.05, 4.69) is 0 Å². The summed E-state index contributed by atoms with van der Waals surface area (Å²) in [6.45, 7) is 0. The maximum absolute atomic E-state index is 11.9. The molecule has 0 aliphatic rings. The molecule has 0 N–H and O–H groups in total. The maximum atomic E-state index is 11.9. The second kappa shape index (κ2) is 5.90. The second-order valence-electron chi connectivity index (χ2n) is 2.83. The van der Waals surface area contributed by atoms with Crippen LogP contribution < -0.4 is 0 Å². The van der Waals surface area contributed by atoms with Crippen LogP contribution in [0.25, 0.3) is 0 Å². The summed E-state index contributed by atoms with van der Waals surface area (Å²) >= 11 is 0. The molecule has 0 aliphatic heterocycles. The average Bonchev–Trinajstić information content (AvgIpc) is 2.28. The van der Waals surface area contributed by atoms with Crippen LogP contribution in [-0.4, -0.2) is 0 Å². The highest BCUT2D eigenvalue weighted by Gasteiger charge is 1.94. The third-order valence-electron chi connectivity index (χ3n) is 1.65. The lowest BCUT2D eigenvalue weighted by atomic mass is 10.3. The van der Waals surface area contributed by atoms with Crippen molar-refractivity contribution >= 4 is 0 Å². The molecule has 0 unspecified atom stereocenters. The fourth-order valence-electron chi connectivity index (χ4n) is 0.879.